The van der Waals surface area contributed by atoms with Crippen molar-refractivity contribution >= 4 is 11.4 Å². The van der Waals surface area contributed by atoms with Gasteiger partial charge in [-0.25, -0.2) is 0 Å². The predicted octanol–water partition coefficient (Wildman–Crippen LogP) is 6.21. The van der Waals surface area contributed by atoms with Gasteiger partial charge in [0.25, 0.3) is 0 Å². The summed E-state index contributed by atoms with van der Waals surface area (Å²) in [5, 5.41) is 43.1. The van der Waals surface area contributed by atoms with Crippen LogP contribution in [-0.2, 0) is 12.8 Å². The normalized spacial score (nSPS) is 14.7. The quantitative estimate of drug-likeness (QED) is 0.180. The van der Waals surface area contributed by atoms with E-state index in [0.717, 1.165) is 28.7 Å². The van der Waals surface area contributed by atoms with E-state index in [1.54, 1.807) is 38.1 Å². The second kappa shape index (κ2) is 12.5. The summed E-state index contributed by atoms with van der Waals surface area (Å²) in [6.07, 6.45) is 3.42. The van der Waals surface area contributed by atoms with Crippen molar-refractivity contribution in [3.05, 3.63) is 76.4 Å². The van der Waals surface area contributed by atoms with Crippen molar-refractivity contribution in [3.63, 3.8) is 0 Å². The molecule has 2 aromatic carbocycles. The molecule has 1 aliphatic rings. The lowest BCUT2D eigenvalue weighted by Crippen LogP contribution is -2.13. The monoisotopic (exact) mass is 468 g/mol. The fourth-order valence-electron chi connectivity index (χ4n) is 3.24. The average Bonchev–Trinajstić information content (AvgIpc) is 3.20. The smallest absolute Gasteiger partial charge is 0.128 e. The Morgan fingerprint density at radius 2 is 1.65 bits per heavy atom. The number of rotatable bonds is 5. The maximum absolute atomic E-state index is 9.81. The number of nitrogens with zero attached hydrogens (tertiary/aromatic N) is 2. The van der Waals surface area contributed by atoms with Gasteiger partial charge >= 0.3 is 0 Å². The molecule has 0 saturated carbocycles. The third-order valence-electron chi connectivity index (χ3n) is 5.32. The van der Waals surface area contributed by atoms with Gasteiger partial charge in [0, 0.05) is 18.1 Å². The third kappa shape index (κ3) is 7.13. The lowest BCUT2D eigenvalue weighted by atomic mass is 10.0. The standard InChI is InChI=1S/C13H15NO3.C13H17NO2.CH4/c1-7(2)12-5-9-4-10(8(3)14-16)11(15)6-13(9)17-12;1-9(2)4-5-12-8-11(10(3)14-16)6-7-13(12)15;/h4,6,12,15-16H,1,5H2,2-3H3;4,6-8,15-16H,5H2,1-3H3;1H4/b14-8+;14-10+;. The predicted molar refractivity (Wildman–Crippen MR) is 137 cm³/mol. The molecule has 1 heterocycles. The molecule has 184 valence electrons. The number of phenolic OH excluding ortho intramolecular Hbond substituents is 2. The zero-order valence-electron chi connectivity index (χ0n) is 19.8. The SMILES string of the molecule is C.C=C(C)C1Cc2cc(/C(C)=N/O)c(O)cc2O1.CC(C)=CCc1cc(/C(C)=N/O)ccc1O. The van der Waals surface area contributed by atoms with Crippen molar-refractivity contribution in [1.29, 1.82) is 0 Å². The first-order valence-corrected chi connectivity index (χ1v) is 10.6. The van der Waals surface area contributed by atoms with Gasteiger partial charge in [-0.15, -0.1) is 0 Å². The van der Waals surface area contributed by atoms with Crippen LogP contribution in [-0.4, -0.2) is 38.2 Å². The van der Waals surface area contributed by atoms with Gasteiger partial charge < -0.3 is 25.4 Å². The summed E-state index contributed by atoms with van der Waals surface area (Å²) >= 11 is 0. The molecule has 0 fully saturated rings. The second-order valence-electron chi connectivity index (χ2n) is 8.33. The molecule has 1 aliphatic heterocycles. The molecule has 1 unspecified atom stereocenters. The second-order valence-corrected chi connectivity index (χ2v) is 8.33. The highest BCUT2D eigenvalue weighted by Gasteiger charge is 2.25. The summed E-state index contributed by atoms with van der Waals surface area (Å²) in [4.78, 5) is 0. The van der Waals surface area contributed by atoms with E-state index in [0.29, 0.717) is 29.2 Å². The molecule has 7 nitrogen and oxygen atoms in total. The van der Waals surface area contributed by atoms with E-state index in [9.17, 15) is 10.2 Å². The maximum Gasteiger partial charge on any atom is 0.128 e. The molecule has 0 aliphatic carbocycles. The van der Waals surface area contributed by atoms with Crippen molar-refractivity contribution in [2.24, 2.45) is 10.3 Å². The number of benzene rings is 2. The van der Waals surface area contributed by atoms with E-state index >= 15 is 0 Å². The van der Waals surface area contributed by atoms with Crippen LogP contribution in [0.5, 0.6) is 17.2 Å². The summed E-state index contributed by atoms with van der Waals surface area (Å²) in [5.74, 6) is 0.999. The topological polar surface area (TPSA) is 115 Å². The fourth-order valence-corrected chi connectivity index (χ4v) is 3.24. The van der Waals surface area contributed by atoms with Crippen molar-refractivity contribution in [2.75, 3.05) is 0 Å². The molecule has 0 bridgehead atoms. The van der Waals surface area contributed by atoms with Gasteiger partial charge in [-0.3, -0.25) is 0 Å². The van der Waals surface area contributed by atoms with Crippen molar-refractivity contribution in [2.45, 2.75) is 61.0 Å². The number of oxime groups is 2. The van der Waals surface area contributed by atoms with Crippen LogP contribution in [0.25, 0.3) is 0 Å². The fraction of sp³-hybridized carbons (Fsp3) is 0.333. The summed E-state index contributed by atoms with van der Waals surface area (Å²) in [6, 6.07) is 8.54. The van der Waals surface area contributed by atoms with Crippen LogP contribution >= 0.6 is 0 Å². The van der Waals surface area contributed by atoms with Crippen molar-refractivity contribution < 1.29 is 25.4 Å². The Labute approximate surface area is 202 Å². The number of allylic oxidation sites excluding steroid dienone is 2. The summed E-state index contributed by atoms with van der Waals surface area (Å²) < 4.78 is 5.66. The number of aromatic hydroxyl groups is 2. The van der Waals surface area contributed by atoms with Gasteiger partial charge in [0.2, 0.25) is 0 Å². The summed E-state index contributed by atoms with van der Waals surface area (Å²) in [5.41, 5.74) is 6.25. The number of ether oxygens (including phenoxy) is 1. The Morgan fingerprint density at radius 3 is 2.21 bits per heavy atom. The molecular formula is C27H36N2O5. The Morgan fingerprint density at radius 1 is 1.00 bits per heavy atom. The number of hydrogen-bond donors (Lipinski definition) is 4. The minimum absolute atomic E-state index is 0. The van der Waals surface area contributed by atoms with E-state index in [4.69, 9.17) is 15.2 Å². The van der Waals surface area contributed by atoms with E-state index in [-0.39, 0.29) is 25.0 Å². The molecule has 0 radical (unpaired) electrons. The van der Waals surface area contributed by atoms with Gasteiger partial charge in [-0.05, 0) is 87.6 Å². The molecule has 2 aromatic rings. The Balaban J connectivity index is 0.000000331. The molecule has 0 saturated heterocycles. The molecule has 0 aromatic heterocycles. The van der Waals surface area contributed by atoms with Crippen molar-refractivity contribution in [3.8, 4) is 17.2 Å². The van der Waals surface area contributed by atoms with Crippen LogP contribution < -0.4 is 4.74 Å². The van der Waals surface area contributed by atoms with Gasteiger partial charge in [0.1, 0.15) is 23.4 Å². The third-order valence-corrected chi connectivity index (χ3v) is 5.32. The van der Waals surface area contributed by atoms with Gasteiger partial charge in [-0.2, -0.15) is 0 Å². The number of hydrogen-bond acceptors (Lipinski definition) is 7. The Hall–Kier alpha value is -3.74. The first-order chi connectivity index (χ1) is 15.6. The summed E-state index contributed by atoms with van der Waals surface area (Å²) in [6.45, 7) is 13.2. The van der Waals surface area contributed by atoms with Gasteiger partial charge in [0.15, 0.2) is 0 Å². The molecule has 1 atom stereocenters. The van der Waals surface area contributed by atoms with Crippen molar-refractivity contribution in [1.82, 2.24) is 0 Å². The molecule has 0 spiro atoms. The lowest BCUT2D eigenvalue weighted by molar-refractivity contribution is 0.270. The minimum Gasteiger partial charge on any atom is -0.508 e. The van der Waals surface area contributed by atoms with E-state index in [1.807, 2.05) is 32.9 Å². The van der Waals surface area contributed by atoms with E-state index in [2.05, 4.69) is 16.9 Å². The van der Waals surface area contributed by atoms with Crippen LogP contribution in [0.3, 0.4) is 0 Å². The highest BCUT2D eigenvalue weighted by atomic mass is 16.5. The number of phenols is 2. The zero-order valence-corrected chi connectivity index (χ0v) is 19.8. The van der Waals surface area contributed by atoms with Crippen LogP contribution in [0.4, 0.5) is 0 Å². The lowest BCUT2D eigenvalue weighted by Gasteiger charge is -2.09. The van der Waals surface area contributed by atoms with E-state index < -0.39 is 0 Å². The highest BCUT2D eigenvalue weighted by molar-refractivity contribution is 6.01. The molecular weight excluding hydrogens is 432 g/mol. The maximum atomic E-state index is 9.81. The van der Waals surface area contributed by atoms with Crippen LogP contribution in [0.1, 0.15) is 64.3 Å². The largest absolute Gasteiger partial charge is 0.508 e. The van der Waals surface area contributed by atoms with Gasteiger partial charge in [-0.1, -0.05) is 36.0 Å². The van der Waals surface area contributed by atoms with Crippen LogP contribution in [0.2, 0.25) is 0 Å². The first-order valence-electron chi connectivity index (χ1n) is 10.6. The van der Waals surface area contributed by atoms with E-state index in [1.165, 1.54) is 5.57 Å². The van der Waals surface area contributed by atoms with Gasteiger partial charge in [0.05, 0.1) is 11.4 Å². The highest BCUT2D eigenvalue weighted by Crippen LogP contribution is 2.36. The van der Waals surface area contributed by atoms with Crippen LogP contribution in [0.15, 0.2) is 64.4 Å². The molecule has 0 amide bonds. The summed E-state index contributed by atoms with van der Waals surface area (Å²) in [7, 11) is 0. The Bertz CT molecular complexity index is 1110. The molecule has 34 heavy (non-hydrogen) atoms. The zero-order chi connectivity index (χ0) is 24.7. The van der Waals surface area contributed by atoms with Crippen LogP contribution in [0, 0.1) is 0 Å². The Kier molecular flexibility index (Phi) is 10.4. The molecule has 7 heteroatoms. The first kappa shape index (κ1) is 28.3. The minimum atomic E-state index is -0.0361. The molecule has 4 N–H and O–H groups in total. The number of fused-ring (bicyclic) bond motifs is 1. The molecule has 3 rings (SSSR count). The average molecular weight is 469 g/mol.